The van der Waals surface area contributed by atoms with Crippen molar-refractivity contribution < 1.29 is 28.8 Å². The molecule has 0 amide bonds. The molecule has 0 bridgehead atoms. The highest BCUT2D eigenvalue weighted by molar-refractivity contribution is 5.65. The van der Waals surface area contributed by atoms with Crippen molar-refractivity contribution in [2.45, 2.75) is 64.3 Å². The van der Waals surface area contributed by atoms with Crippen LogP contribution in [0.5, 0.6) is 0 Å². The number of ether oxygens (including phenoxy) is 4. The lowest BCUT2D eigenvalue weighted by atomic mass is 9.90. The van der Waals surface area contributed by atoms with Gasteiger partial charge in [-0.05, 0) is 29.9 Å². The Hall–Kier alpha value is -2.25. The quantitative estimate of drug-likeness (QED) is 0.594. The van der Waals surface area contributed by atoms with Gasteiger partial charge in [-0.2, -0.15) is 0 Å². The third-order valence-electron chi connectivity index (χ3n) is 5.69. The molecule has 1 unspecified atom stereocenters. The zero-order valence-electron chi connectivity index (χ0n) is 18.9. The summed E-state index contributed by atoms with van der Waals surface area (Å²) in [6, 6.07) is 19.9. The van der Waals surface area contributed by atoms with Crippen LogP contribution in [0.25, 0.3) is 0 Å². The van der Waals surface area contributed by atoms with Gasteiger partial charge < -0.3 is 24.1 Å². The second-order valence-electron chi connectivity index (χ2n) is 8.44. The van der Waals surface area contributed by atoms with E-state index in [1.807, 2.05) is 60.7 Å². The van der Waals surface area contributed by atoms with Crippen molar-refractivity contribution in [2.24, 2.45) is 5.92 Å². The molecule has 5 atom stereocenters. The first-order valence-electron chi connectivity index (χ1n) is 11.3. The molecule has 1 aliphatic rings. The van der Waals surface area contributed by atoms with Crippen molar-refractivity contribution >= 4 is 5.97 Å². The van der Waals surface area contributed by atoms with Crippen LogP contribution in [0.1, 0.15) is 37.8 Å². The third kappa shape index (κ3) is 7.71. The maximum atomic E-state index is 11.5. The van der Waals surface area contributed by atoms with Crippen molar-refractivity contribution in [3.05, 3.63) is 71.8 Å². The lowest BCUT2D eigenvalue weighted by Crippen LogP contribution is -2.48. The summed E-state index contributed by atoms with van der Waals surface area (Å²) in [5.41, 5.74) is 2.13. The lowest BCUT2D eigenvalue weighted by molar-refractivity contribution is -0.194. The number of aliphatic hydroxyl groups excluding tert-OH is 1. The number of esters is 1. The summed E-state index contributed by atoms with van der Waals surface area (Å²) in [4.78, 5) is 11.5. The van der Waals surface area contributed by atoms with E-state index in [1.165, 1.54) is 6.92 Å². The van der Waals surface area contributed by atoms with Crippen LogP contribution in [0.2, 0.25) is 0 Å². The van der Waals surface area contributed by atoms with E-state index in [-0.39, 0.29) is 37.3 Å². The molecule has 0 aliphatic carbocycles. The predicted octanol–water partition coefficient (Wildman–Crippen LogP) is 3.90. The highest BCUT2D eigenvalue weighted by atomic mass is 16.6. The number of rotatable bonds is 9. The molecule has 174 valence electrons. The van der Waals surface area contributed by atoms with Crippen LogP contribution < -0.4 is 0 Å². The van der Waals surface area contributed by atoms with E-state index in [0.717, 1.165) is 24.0 Å². The van der Waals surface area contributed by atoms with Crippen molar-refractivity contribution in [3.63, 3.8) is 0 Å². The summed E-state index contributed by atoms with van der Waals surface area (Å²) < 4.78 is 24.0. The van der Waals surface area contributed by atoms with E-state index < -0.39 is 12.2 Å². The zero-order valence-corrected chi connectivity index (χ0v) is 18.9. The molecule has 0 radical (unpaired) electrons. The highest BCUT2D eigenvalue weighted by Gasteiger charge is 2.36. The highest BCUT2D eigenvalue weighted by Crippen LogP contribution is 2.28. The average molecular weight is 443 g/mol. The molecule has 1 aliphatic heterocycles. The topological polar surface area (TPSA) is 74.2 Å². The van der Waals surface area contributed by atoms with Crippen LogP contribution in [0.15, 0.2) is 60.7 Å². The average Bonchev–Trinajstić information content (AvgIpc) is 2.80. The summed E-state index contributed by atoms with van der Waals surface area (Å²) in [6.07, 6.45) is -0.0972. The normalized spacial score (nSPS) is 26.2. The molecule has 2 aromatic rings. The van der Waals surface area contributed by atoms with Gasteiger partial charge in [-0.3, -0.25) is 4.79 Å². The molecule has 0 spiro atoms. The second-order valence-corrected chi connectivity index (χ2v) is 8.44. The Morgan fingerprint density at radius 2 is 1.41 bits per heavy atom. The fourth-order valence-corrected chi connectivity index (χ4v) is 4.01. The van der Waals surface area contributed by atoms with Crippen LogP contribution >= 0.6 is 0 Å². The smallest absolute Gasteiger partial charge is 0.302 e. The van der Waals surface area contributed by atoms with Crippen molar-refractivity contribution in [1.29, 1.82) is 0 Å². The lowest BCUT2D eigenvalue weighted by Gasteiger charge is -2.38. The standard InChI is InChI=1S/C26H34O6/c1-19-13-23(30-16-21-9-5-3-6-10-21)25(15-27)32-26(18-29-20(2)28)24(14-19)31-17-22-11-7-4-8-12-22/h3-12,19,23-27H,13-18H2,1-2H3/t19?,23-,24+,25+,26-/m1/s1. The van der Waals surface area contributed by atoms with Crippen LogP contribution in [-0.2, 0) is 37.0 Å². The van der Waals surface area contributed by atoms with Crippen LogP contribution in [-0.4, -0.2) is 48.7 Å². The molecule has 1 N–H and O–H groups in total. The maximum absolute atomic E-state index is 11.5. The summed E-state index contributed by atoms with van der Waals surface area (Å²) in [5, 5.41) is 10.1. The molecule has 32 heavy (non-hydrogen) atoms. The molecule has 3 rings (SSSR count). The Kier molecular flexibility index (Phi) is 9.68. The molecule has 1 heterocycles. The third-order valence-corrected chi connectivity index (χ3v) is 5.69. The van der Waals surface area contributed by atoms with E-state index in [9.17, 15) is 9.90 Å². The van der Waals surface area contributed by atoms with Crippen molar-refractivity contribution in [1.82, 2.24) is 0 Å². The number of hydrogen-bond acceptors (Lipinski definition) is 6. The molecule has 1 fully saturated rings. The van der Waals surface area contributed by atoms with Gasteiger partial charge in [-0.1, -0.05) is 67.6 Å². The Bertz CT molecular complexity index is 796. The van der Waals surface area contributed by atoms with E-state index in [1.54, 1.807) is 0 Å². The molecular formula is C26H34O6. The van der Waals surface area contributed by atoms with Crippen LogP contribution in [0, 0.1) is 5.92 Å². The Morgan fingerprint density at radius 3 is 1.88 bits per heavy atom. The van der Waals surface area contributed by atoms with Crippen LogP contribution in [0.3, 0.4) is 0 Å². The van der Waals surface area contributed by atoms with Crippen molar-refractivity contribution in [2.75, 3.05) is 13.2 Å². The molecule has 6 nitrogen and oxygen atoms in total. The maximum Gasteiger partial charge on any atom is 0.302 e. The predicted molar refractivity (Wildman–Crippen MR) is 121 cm³/mol. The fourth-order valence-electron chi connectivity index (χ4n) is 4.01. The first-order valence-corrected chi connectivity index (χ1v) is 11.3. The van der Waals surface area contributed by atoms with E-state index >= 15 is 0 Å². The summed E-state index contributed by atoms with van der Waals surface area (Å²) in [6.45, 7) is 4.30. The first kappa shape index (κ1) is 24.4. The number of carbonyl (C=O) groups is 1. The van der Waals surface area contributed by atoms with Gasteiger partial charge in [0.2, 0.25) is 0 Å². The van der Waals surface area contributed by atoms with Gasteiger partial charge in [0, 0.05) is 6.92 Å². The Balaban J connectivity index is 1.70. The Labute approximate surface area is 190 Å². The Morgan fingerprint density at radius 1 is 0.906 bits per heavy atom. The number of carbonyl (C=O) groups excluding carboxylic acids is 1. The summed E-state index contributed by atoms with van der Waals surface area (Å²) in [5.74, 6) is -0.0998. The molecule has 2 aromatic carbocycles. The van der Waals surface area contributed by atoms with Gasteiger partial charge in [0.25, 0.3) is 0 Å². The van der Waals surface area contributed by atoms with E-state index in [4.69, 9.17) is 18.9 Å². The fraction of sp³-hybridized carbons (Fsp3) is 0.500. The minimum atomic E-state index is -0.537. The zero-order chi connectivity index (χ0) is 22.8. The van der Waals surface area contributed by atoms with Gasteiger partial charge in [0.1, 0.15) is 18.8 Å². The van der Waals surface area contributed by atoms with Gasteiger partial charge >= 0.3 is 5.97 Å². The molecular weight excluding hydrogens is 408 g/mol. The minimum absolute atomic E-state index is 0.0728. The number of aliphatic hydroxyl groups is 1. The largest absolute Gasteiger partial charge is 0.463 e. The molecule has 1 saturated heterocycles. The molecule has 6 heteroatoms. The van der Waals surface area contributed by atoms with E-state index in [2.05, 4.69) is 6.92 Å². The number of hydrogen-bond donors (Lipinski definition) is 1. The summed E-state index contributed by atoms with van der Waals surface area (Å²) in [7, 11) is 0. The summed E-state index contributed by atoms with van der Waals surface area (Å²) >= 11 is 0. The molecule has 0 aromatic heterocycles. The van der Waals surface area contributed by atoms with Gasteiger partial charge in [0.05, 0.1) is 32.0 Å². The monoisotopic (exact) mass is 442 g/mol. The van der Waals surface area contributed by atoms with Gasteiger partial charge in [-0.25, -0.2) is 0 Å². The molecule has 0 saturated carbocycles. The minimum Gasteiger partial charge on any atom is -0.463 e. The first-order chi connectivity index (χ1) is 15.5. The second kappa shape index (κ2) is 12.7. The SMILES string of the molecule is CC(=O)OC[C@H]1O[C@@H](CO)[C@H](OCc2ccccc2)CC(C)C[C@@H]1OCc1ccccc1. The van der Waals surface area contributed by atoms with Crippen LogP contribution in [0.4, 0.5) is 0 Å². The van der Waals surface area contributed by atoms with Gasteiger partial charge in [-0.15, -0.1) is 0 Å². The van der Waals surface area contributed by atoms with E-state index in [0.29, 0.717) is 13.2 Å². The van der Waals surface area contributed by atoms with Crippen molar-refractivity contribution in [3.8, 4) is 0 Å². The van der Waals surface area contributed by atoms with Gasteiger partial charge in [0.15, 0.2) is 0 Å². The number of benzene rings is 2.